The number of amides is 1. The van der Waals surface area contributed by atoms with Gasteiger partial charge in [-0.1, -0.05) is 52.0 Å². The molecular formula is C17H27NO. The quantitative estimate of drug-likeness (QED) is 0.860. The van der Waals surface area contributed by atoms with E-state index in [2.05, 4.69) is 52.1 Å². The summed E-state index contributed by atoms with van der Waals surface area (Å²) in [5.41, 5.74) is 2.79. The number of aryl methyl sites for hydroxylation is 1. The summed E-state index contributed by atoms with van der Waals surface area (Å²) in [4.78, 5) is 11.9. The smallest absolute Gasteiger partial charge is 0.220 e. The van der Waals surface area contributed by atoms with E-state index < -0.39 is 0 Å². The van der Waals surface area contributed by atoms with E-state index in [1.165, 1.54) is 11.1 Å². The lowest BCUT2D eigenvalue weighted by Crippen LogP contribution is -2.30. The van der Waals surface area contributed by atoms with Gasteiger partial charge in [-0.05, 0) is 35.8 Å². The van der Waals surface area contributed by atoms with Crippen molar-refractivity contribution in [1.29, 1.82) is 0 Å². The Hall–Kier alpha value is -1.31. The number of hydrogen-bond acceptors (Lipinski definition) is 1. The molecule has 1 unspecified atom stereocenters. The number of hydrogen-bond donors (Lipinski definition) is 1. The zero-order valence-corrected chi connectivity index (χ0v) is 12.9. The van der Waals surface area contributed by atoms with Crippen LogP contribution in [-0.2, 0) is 11.2 Å². The molecule has 1 amide bonds. The average molecular weight is 261 g/mol. The summed E-state index contributed by atoms with van der Waals surface area (Å²) >= 11 is 0. The van der Waals surface area contributed by atoms with Crippen molar-refractivity contribution in [1.82, 2.24) is 5.32 Å². The highest BCUT2D eigenvalue weighted by atomic mass is 16.1. The van der Waals surface area contributed by atoms with Crippen LogP contribution >= 0.6 is 0 Å². The van der Waals surface area contributed by atoms with Crippen LogP contribution in [0.5, 0.6) is 0 Å². The summed E-state index contributed by atoms with van der Waals surface area (Å²) in [5.74, 6) is 0.557. The van der Waals surface area contributed by atoms with Crippen molar-refractivity contribution in [3.05, 3.63) is 35.4 Å². The molecule has 0 heterocycles. The van der Waals surface area contributed by atoms with E-state index in [1.807, 2.05) is 12.1 Å². The van der Waals surface area contributed by atoms with Crippen molar-refractivity contribution < 1.29 is 4.79 Å². The number of rotatable bonds is 5. The second kappa shape index (κ2) is 6.74. The van der Waals surface area contributed by atoms with Gasteiger partial charge in [0, 0.05) is 13.0 Å². The third kappa shape index (κ3) is 5.46. The number of nitrogens with one attached hydrogen (secondary N) is 1. The van der Waals surface area contributed by atoms with Crippen molar-refractivity contribution in [2.24, 2.45) is 11.3 Å². The van der Waals surface area contributed by atoms with Gasteiger partial charge in [-0.3, -0.25) is 4.79 Å². The van der Waals surface area contributed by atoms with Crippen molar-refractivity contribution in [3.63, 3.8) is 0 Å². The first-order chi connectivity index (χ1) is 8.80. The maximum Gasteiger partial charge on any atom is 0.220 e. The highest BCUT2D eigenvalue weighted by molar-refractivity contribution is 5.76. The van der Waals surface area contributed by atoms with E-state index in [4.69, 9.17) is 0 Å². The monoisotopic (exact) mass is 261 g/mol. The molecule has 0 aliphatic rings. The van der Waals surface area contributed by atoms with Crippen LogP contribution in [0, 0.1) is 18.3 Å². The molecule has 2 nitrogen and oxygen atoms in total. The first-order valence-corrected chi connectivity index (χ1v) is 7.12. The molecule has 0 aromatic heterocycles. The van der Waals surface area contributed by atoms with Crippen LogP contribution in [0.1, 0.15) is 45.2 Å². The van der Waals surface area contributed by atoms with Crippen LogP contribution < -0.4 is 5.32 Å². The molecule has 0 bridgehead atoms. The van der Waals surface area contributed by atoms with Crippen LogP contribution in [0.15, 0.2) is 24.3 Å². The van der Waals surface area contributed by atoms with E-state index in [-0.39, 0.29) is 11.3 Å². The van der Waals surface area contributed by atoms with E-state index in [9.17, 15) is 4.79 Å². The molecule has 0 radical (unpaired) electrons. The Kier molecular flexibility index (Phi) is 5.59. The fourth-order valence-electron chi connectivity index (χ4n) is 1.88. The summed E-state index contributed by atoms with van der Waals surface area (Å²) in [7, 11) is 0. The minimum Gasteiger partial charge on any atom is -0.356 e. The SMILES string of the molecule is Cc1ccccc1CCNC(=O)CC(C)C(C)(C)C. The van der Waals surface area contributed by atoms with E-state index >= 15 is 0 Å². The molecule has 106 valence electrons. The highest BCUT2D eigenvalue weighted by Gasteiger charge is 2.22. The largest absolute Gasteiger partial charge is 0.356 e. The summed E-state index contributed by atoms with van der Waals surface area (Å²) in [6.45, 7) is 11.5. The Labute approximate surface area is 117 Å². The predicted octanol–water partition coefficient (Wildman–Crippen LogP) is 3.73. The average Bonchev–Trinajstić information content (AvgIpc) is 2.30. The standard InChI is InChI=1S/C17H27NO/c1-13-8-6-7-9-15(13)10-11-18-16(19)12-14(2)17(3,4)5/h6-9,14H,10-12H2,1-5H3,(H,18,19). The van der Waals surface area contributed by atoms with Crippen molar-refractivity contribution >= 4 is 5.91 Å². The van der Waals surface area contributed by atoms with E-state index in [1.54, 1.807) is 0 Å². The Morgan fingerprint density at radius 3 is 2.47 bits per heavy atom. The van der Waals surface area contributed by atoms with Gasteiger partial charge in [0.1, 0.15) is 0 Å². The van der Waals surface area contributed by atoms with Crippen LogP contribution in [0.25, 0.3) is 0 Å². The lowest BCUT2D eigenvalue weighted by atomic mass is 9.80. The summed E-state index contributed by atoms with van der Waals surface area (Å²) < 4.78 is 0. The molecule has 1 aromatic carbocycles. The molecule has 1 aromatic rings. The second-order valence-electron chi connectivity index (χ2n) is 6.50. The van der Waals surface area contributed by atoms with Gasteiger partial charge in [0.2, 0.25) is 5.91 Å². The molecule has 2 heteroatoms. The highest BCUT2D eigenvalue weighted by Crippen LogP contribution is 2.27. The lowest BCUT2D eigenvalue weighted by Gasteiger charge is -2.26. The second-order valence-corrected chi connectivity index (χ2v) is 6.50. The molecule has 0 spiro atoms. The fraction of sp³-hybridized carbons (Fsp3) is 0.588. The lowest BCUT2D eigenvalue weighted by molar-refractivity contribution is -0.122. The Morgan fingerprint density at radius 2 is 1.89 bits per heavy atom. The molecule has 1 atom stereocenters. The first kappa shape index (κ1) is 15.7. The van der Waals surface area contributed by atoms with Crippen molar-refractivity contribution in [2.75, 3.05) is 6.54 Å². The molecule has 0 aliphatic carbocycles. The van der Waals surface area contributed by atoms with Crippen LogP contribution in [0.4, 0.5) is 0 Å². The minimum absolute atomic E-state index is 0.163. The first-order valence-electron chi connectivity index (χ1n) is 7.12. The van der Waals surface area contributed by atoms with Crippen molar-refractivity contribution in [3.8, 4) is 0 Å². The zero-order valence-electron chi connectivity index (χ0n) is 12.9. The predicted molar refractivity (Wildman–Crippen MR) is 81.1 cm³/mol. The van der Waals surface area contributed by atoms with E-state index in [0.29, 0.717) is 12.3 Å². The molecule has 0 aliphatic heterocycles. The minimum atomic E-state index is 0.163. The maximum atomic E-state index is 11.9. The summed E-state index contributed by atoms with van der Waals surface area (Å²) in [6, 6.07) is 8.33. The molecule has 0 saturated carbocycles. The Morgan fingerprint density at radius 1 is 1.26 bits per heavy atom. The molecule has 1 N–H and O–H groups in total. The van der Waals surface area contributed by atoms with Gasteiger partial charge in [-0.25, -0.2) is 0 Å². The van der Waals surface area contributed by atoms with Crippen LogP contribution in [0.3, 0.4) is 0 Å². The van der Waals surface area contributed by atoms with Crippen LogP contribution in [0.2, 0.25) is 0 Å². The number of carbonyl (C=O) groups is 1. The van der Waals surface area contributed by atoms with Gasteiger partial charge in [-0.2, -0.15) is 0 Å². The third-order valence-electron chi connectivity index (χ3n) is 3.95. The normalized spacial score (nSPS) is 13.1. The number of benzene rings is 1. The van der Waals surface area contributed by atoms with Gasteiger partial charge < -0.3 is 5.32 Å². The van der Waals surface area contributed by atoms with Crippen LogP contribution in [-0.4, -0.2) is 12.5 Å². The molecule has 0 saturated heterocycles. The van der Waals surface area contributed by atoms with Crippen molar-refractivity contribution in [2.45, 2.75) is 47.5 Å². The topological polar surface area (TPSA) is 29.1 Å². The summed E-state index contributed by atoms with van der Waals surface area (Å²) in [5, 5.41) is 3.02. The Balaban J connectivity index is 2.34. The molecule has 1 rings (SSSR count). The van der Waals surface area contributed by atoms with Gasteiger partial charge >= 0.3 is 0 Å². The van der Waals surface area contributed by atoms with Gasteiger partial charge in [0.05, 0.1) is 0 Å². The maximum absolute atomic E-state index is 11.9. The summed E-state index contributed by atoms with van der Waals surface area (Å²) in [6.07, 6.45) is 1.51. The Bertz CT molecular complexity index is 418. The van der Waals surface area contributed by atoms with E-state index in [0.717, 1.165) is 13.0 Å². The third-order valence-corrected chi connectivity index (χ3v) is 3.95. The van der Waals surface area contributed by atoms with Gasteiger partial charge in [0.15, 0.2) is 0 Å². The molecular weight excluding hydrogens is 234 g/mol. The molecule has 0 fully saturated rings. The molecule has 19 heavy (non-hydrogen) atoms. The number of carbonyl (C=O) groups excluding carboxylic acids is 1. The van der Waals surface area contributed by atoms with Gasteiger partial charge in [-0.15, -0.1) is 0 Å². The zero-order chi connectivity index (χ0) is 14.5. The fourth-order valence-corrected chi connectivity index (χ4v) is 1.88. The van der Waals surface area contributed by atoms with Gasteiger partial charge in [0.25, 0.3) is 0 Å².